The molecule has 0 aliphatic carbocycles. The van der Waals surface area contributed by atoms with Crippen LogP contribution in [0.5, 0.6) is 0 Å². The Bertz CT molecular complexity index is 1010. The molecule has 0 atom stereocenters. The Balaban J connectivity index is 1.75. The summed E-state index contributed by atoms with van der Waals surface area (Å²) in [7, 11) is 0. The lowest BCUT2D eigenvalue weighted by molar-refractivity contribution is -0.144. The van der Waals surface area contributed by atoms with Crippen molar-refractivity contribution in [3.8, 4) is 0 Å². The number of aryl methyl sites for hydroxylation is 2. The van der Waals surface area contributed by atoms with Crippen LogP contribution in [0.2, 0.25) is 0 Å². The number of nitrogens with zero attached hydrogens (tertiary/aromatic N) is 4. The fraction of sp³-hybridized carbons (Fsp3) is 0.333. The third-order valence-corrected chi connectivity index (χ3v) is 5.02. The van der Waals surface area contributed by atoms with E-state index in [4.69, 9.17) is 0 Å². The van der Waals surface area contributed by atoms with Crippen molar-refractivity contribution in [2.45, 2.75) is 37.8 Å². The highest BCUT2D eigenvalue weighted by atomic mass is 32.2. The van der Waals surface area contributed by atoms with E-state index in [1.54, 1.807) is 25.6 Å². The van der Waals surface area contributed by atoms with Gasteiger partial charge in [0.15, 0.2) is 0 Å². The van der Waals surface area contributed by atoms with Gasteiger partial charge in [0.05, 0.1) is 0 Å². The minimum atomic E-state index is -4.64. The van der Waals surface area contributed by atoms with Gasteiger partial charge in [-0.3, -0.25) is 4.79 Å². The number of nitrogens with one attached hydrogen (secondary N) is 1. The van der Waals surface area contributed by atoms with Crippen LogP contribution in [0.15, 0.2) is 29.2 Å². The van der Waals surface area contributed by atoms with Crippen LogP contribution in [0.25, 0.3) is 5.78 Å². The Labute approximate surface area is 163 Å². The third-order valence-electron chi connectivity index (χ3n) is 4.28. The van der Waals surface area contributed by atoms with Crippen LogP contribution < -0.4 is 5.32 Å². The first-order valence-electron chi connectivity index (χ1n) is 8.43. The van der Waals surface area contributed by atoms with Crippen molar-refractivity contribution in [2.75, 3.05) is 11.6 Å². The van der Waals surface area contributed by atoms with Gasteiger partial charge in [-0.15, -0.1) is 16.9 Å². The standard InChI is InChI=1S/C18H18F3N5OS/c1-10-14(8-9-15(27)23-12-4-6-13(28-3)7-5-12)11(2)26-17(22-10)24-16(25-26)18(19,20)21/h4-7H,8-9H2,1-3H3,(H,23,27). The fourth-order valence-corrected chi connectivity index (χ4v) is 3.23. The topological polar surface area (TPSA) is 72.2 Å². The SMILES string of the molecule is CSc1ccc(NC(=O)CCc2c(C)nc3nc(C(F)(F)F)nn3c2C)cc1. The highest BCUT2D eigenvalue weighted by molar-refractivity contribution is 7.98. The number of thioether (sulfide) groups is 1. The molecule has 148 valence electrons. The molecular weight excluding hydrogens is 391 g/mol. The van der Waals surface area contributed by atoms with Crippen molar-refractivity contribution in [1.29, 1.82) is 0 Å². The Hall–Kier alpha value is -2.62. The number of halogens is 3. The van der Waals surface area contributed by atoms with Gasteiger partial charge >= 0.3 is 6.18 Å². The maximum atomic E-state index is 12.8. The first-order chi connectivity index (χ1) is 13.2. The molecule has 1 N–H and O–H groups in total. The number of rotatable bonds is 5. The van der Waals surface area contributed by atoms with E-state index in [9.17, 15) is 18.0 Å². The van der Waals surface area contributed by atoms with E-state index in [0.29, 0.717) is 29.1 Å². The number of carbonyl (C=O) groups excluding carboxylic acids is 1. The molecule has 2 heterocycles. The first-order valence-corrected chi connectivity index (χ1v) is 9.65. The molecule has 0 saturated heterocycles. The summed E-state index contributed by atoms with van der Waals surface area (Å²) < 4.78 is 39.6. The van der Waals surface area contributed by atoms with Gasteiger partial charge < -0.3 is 5.32 Å². The Morgan fingerprint density at radius 2 is 1.86 bits per heavy atom. The molecule has 3 rings (SSSR count). The van der Waals surface area contributed by atoms with Gasteiger partial charge in [-0.1, -0.05) is 0 Å². The second-order valence-electron chi connectivity index (χ2n) is 6.18. The van der Waals surface area contributed by atoms with Crippen LogP contribution >= 0.6 is 11.8 Å². The average Bonchev–Trinajstić information content (AvgIpc) is 3.07. The van der Waals surface area contributed by atoms with Crippen LogP contribution in [-0.4, -0.2) is 31.7 Å². The molecule has 0 aliphatic heterocycles. The van der Waals surface area contributed by atoms with E-state index in [0.717, 1.165) is 9.41 Å². The van der Waals surface area contributed by atoms with Crippen LogP contribution in [-0.2, 0) is 17.4 Å². The van der Waals surface area contributed by atoms with E-state index in [1.165, 1.54) is 0 Å². The summed E-state index contributed by atoms with van der Waals surface area (Å²) in [6.45, 7) is 3.33. The number of anilines is 1. The minimum Gasteiger partial charge on any atom is -0.326 e. The molecule has 0 aliphatic rings. The lowest BCUT2D eigenvalue weighted by Gasteiger charge is -2.10. The number of hydrogen-bond acceptors (Lipinski definition) is 5. The quantitative estimate of drug-likeness (QED) is 0.644. The Morgan fingerprint density at radius 3 is 2.46 bits per heavy atom. The van der Waals surface area contributed by atoms with Gasteiger partial charge in [-0.25, -0.2) is 9.50 Å². The summed E-state index contributed by atoms with van der Waals surface area (Å²) in [4.78, 5) is 20.9. The molecule has 0 unspecified atom stereocenters. The van der Waals surface area contributed by atoms with Gasteiger partial charge in [0.2, 0.25) is 5.91 Å². The van der Waals surface area contributed by atoms with Crippen molar-refractivity contribution in [3.05, 3.63) is 47.0 Å². The highest BCUT2D eigenvalue weighted by Crippen LogP contribution is 2.27. The summed E-state index contributed by atoms with van der Waals surface area (Å²) in [5, 5.41) is 6.32. The van der Waals surface area contributed by atoms with Crippen molar-refractivity contribution >= 4 is 29.1 Å². The zero-order chi connectivity index (χ0) is 20.5. The summed E-state index contributed by atoms with van der Waals surface area (Å²) >= 11 is 1.61. The zero-order valence-electron chi connectivity index (χ0n) is 15.5. The summed E-state index contributed by atoms with van der Waals surface area (Å²) in [6.07, 6.45) is -2.17. The summed E-state index contributed by atoms with van der Waals surface area (Å²) in [5.74, 6) is -1.53. The second kappa shape index (κ2) is 7.78. The van der Waals surface area contributed by atoms with E-state index >= 15 is 0 Å². The lowest BCUT2D eigenvalue weighted by atomic mass is 10.1. The van der Waals surface area contributed by atoms with Crippen LogP contribution in [0.1, 0.15) is 29.2 Å². The largest absolute Gasteiger partial charge is 0.453 e. The number of fused-ring (bicyclic) bond motifs is 1. The van der Waals surface area contributed by atoms with E-state index in [1.807, 2.05) is 30.5 Å². The van der Waals surface area contributed by atoms with Crippen LogP contribution in [0.3, 0.4) is 0 Å². The molecule has 0 fully saturated rings. The van der Waals surface area contributed by atoms with Crippen LogP contribution in [0.4, 0.5) is 18.9 Å². The number of alkyl halides is 3. The van der Waals surface area contributed by atoms with Gasteiger partial charge in [0.1, 0.15) is 0 Å². The molecule has 6 nitrogen and oxygen atoms in total. The molecule has 28 heavy (non-hydrogen) atoms. The second-order valence-corrected chi connectivity index (χ2v) is 7.06. The molecule has 0 saturated carbocycles. The molecule has 1 amide bonds. The number of hydrogen-bond donors (Lipinski definition) is 1. The summed E-state index contributed by atoms with van der Waals surface area (Å²) in [6, 6.07) is 7.47. The van der Waals surface area contributed by atoms with Crippen molar-refractivity contribution < 1.29 is 18.0 Å². The molecule has 10 heteroatoms. The van der Waals surface area contributed by atoms with Crippen LogP contribution in [0, 0.1) is 13.8 Å². The number of benzene rings is 1. The van der Waals surface area contributed by atoms with Crippen molar-refractivity contribution in [2.24, 2.45) is 0 Å². The molecule has 1 aromatic carbocycles. The van der Waals surface area contributed by atoms with E-state index in [2.05, 4.69) is 20.4 Å². The molecule has 2 aromatic heterocycles. The Kier molecular flexibility index (Phi) is 5.59. The molecule has 3 aromatic rings. The highest BCUT2D eigenvalue weighted by Gasteiger charge is 2.36. The fourth-order valence-electron chi connectivity index (χ4n) is 2.83. The number of carbonyl (C=O) groups is 1. The predicted octanol–water partition coefficient (Wildman–Crippen LogP) is 4.05. The molecule has 0 spiro atoms. The monoisotopic (exact) mass is 409 g/mol. The number of aromatic nitrogens is 4. The van der Waals surface area contributed by atoms with E-state index < -0.39 is 12.0 Å². The Morgan fingerprint density at radius 1 is 1.18 bits per heavy atom. The third kappa shape index (κ3) is 4.27. The summed E-state index contributed by atoms with van der Waals surface area (Å²) in [5.41, 5.74) is 2.39. The van der Waals surface area contributed by atoms with Gasteiger partial charge in [-0.2, -0.15) is 18.2 Å². The predicted molar refractivity (Wildman–Crippen MR) is 100 cm³/mol. The normalized spacial score (nSPS) is 11.8. The zero-order valence-corrected chi connectivity index (χ0v) is 16.3. The maximum Gasteiger partial charge on any atom is 0.453 e. The molecular formula is C18H18F3N5OS. The van der Waals surface area contributed by atoms with Crippen molar-refractivity contribution in [3.63, 3.8) is 0 Å². The molecule has 0 bridgehead atoms. The van der Waals surface area contributed by atoms with Gasteiger partial charge in [0, 0.05) is 28.4 Å². The van der Waals surface area contributed by atoms with Gasteiger partial charge in [0.25, 0.3) is 11.6 Å². The van der Waals surface area contributed by atoms with E-state index in [-0.39, 0.29) is 18.1 Å². The lowest BCUT2D eigenvalue weighted by Crippen LogP contribution is -2.14. The maximum absolute atomic E-state index is 12.8. The first kappa shape index (κ1) is 20.1. The van der Waals surface area contributed by atoms with Crippen molar-refractivity contribution in [1.82, 2.24) is 19.6 Å². The van der Waals surface area contributed by atoms with Gasteiger partial charge in [-0.05, 0) is 56.4 Å². The minimum absolute atomic E-state index is 0.107. The average molecular weight is 409 g/mol. The number of amides is 1. The molecule has 0 radical (unpaired) electrons. The smallest absolute Gasteiger partial charge is 0.326 e.